The van der Waals surface area contributed by atoms with Gasteiger partial charge in [-0.2, -0.15) is 0 Å². The summed E-state index contributed by atoms with van der Waals surface area (Å²) in [6.07, 6.45) is 1.32. The number of hydrogen-bond donors (Lipinski definition) is 1. The molecule has 2 aromatic carbocycles. The maximum absolute atomic E-state index is 13.1. The molecule has 0 radical (unpaired) electrons. The number of carbonyl (C=O) groups is 2. The van der Waals surface area contributed by atoms with Crippen LogP contribution < -0.4 is 19.5 Å². The highest BCUT2D eigenvalue weighted by Gasteiger charge is 2.28. The molecule has 2 amide bonds. The van der Waals surface area contributed by atoms with E-state index in [4.69, 9.17) is 14.2 Å². The molecule has 0 aliphatic rings. The van der Waals surface area contributed by atoms with Crippen LogP contribution in [0.25, 0.3) is 0 Å². The lowest BCUT2D eigenvalue weighted by Gasteiger charge is -2.30. The average molecular weight is 429 g/mol. The summed E-state index contributed by atoms with van der Waals surface area (Å²) in [5.41, 5.74) is 0.874. The van der Waals surface area contributed by atoms with E-state index in [9.17, 15) is 9.59 Å². The normalized spacial score (nSPS) is 11.4. The zero-order valence-electron chi connectivity index (χ0n) is 18.7. The third-order valence-corrected chi connectivity index (χ3v) is 4.84. The van der Waals surface area contributed by atoms with Crippen LogP contribution in [0.1, 0.15) is 32.3 Å². The Morgan fingerprint density at radius 1 is 0.968 bits per heavy atom. The summed E-state index contributed by atoms with van der Waals surface area (Å²) in [5, 5.41) is 2.90. The highest BCUT2D eigenvalue weighted by molar-refractivity contribution is 5.88. The Kier molecular flexibility index (Phi) is 9.68. The molecule has 0 unspecified atom stereocenters. The third-order valence-electron chi connectivity index (χ3n) is 4.84. The molecule has 0 spiro atoms. The molecule has 0 bridgehead atoms. The number of hydrogen-bond acceptors (Lipinski definition) is 5. The number of ether oxygens (including phenoxy) is 3. The van der Waals surface area contributed by atoms with Crippen LogP contribution in [0.15, 0.2) is 48.5 Å². The minimum Gasteiger partial charge on any atom is -0.497 e. The predicted octanol–water partition coefficient (Wildman–Crippen LogP) is 3.42. The average Bonchev–Trinajstić information content (AvgIpc) is 2.81. The highest BCUT2D eigenvalue weighted by atomic mass is 16.5. The molecule has 0 aromatic heterocycles. The van der Waals surface area contributed by atoms with E-state index in [1.807, 2.05) is 38.1 Å². The lowest BCUT2D eigenvalue weighted by atomic mass is 10.1. The van der Waals surface area contributed by atoms with Crippen LogP contribution in [0.5, 0.6) is 17.2 Å². The van der Waals surface area contributed by atoms with E-state index in [0.717, 1.165) is 12.0 Å². The Morgan fingerprint density at radius 3 is 2.26 bits per heavy atom. The van der Waals surface area contributed by atoms with E-state index in [0.29, 0.717) is 30.2 Å². The van der Waals surface area contributed by atoms with Crippen molar-refractivity contribution in [3.8, 4) is 17.2 Å². The molecule has 7 nitrogen and oxygen atoms in total. The molecule has 0 saturated carbocycles. The van der Waals surface area contributed by atoms with Crippen molar-refractivity contribution >= 4 is 11.8 Å². The Bertz CT molecular complexity index is 838. The van der Waals surface area contributed by atoms with Crippen LogP contribution >= 0.6 is 0 Å². The smallest absolute Gasteiger partial charge is 0.261 e. The predicted molar refractivity (Wildman–Crippen MR) is 119 cm³/mol. The molecule has 0 heterocycles. The van der Waals surface area contributed by atoms with Crippen molar-refractivity contribution in [1.82, 2.24) is 10.2 Å². The van der Waals surface area contributed by atoms with Gasteiger partial charge in [-0.3, -0.25) is 9.59 Å². The molecule has 1 N–H and O–H groups in total. The fraction of sp³-hybridized carbons (Fsp3) is 0.417. The van der Waals surface area contributed by atoms with Crippen molar-refractivity contribution in [2.24, 2.45) is 0 Å². The molecule has 1 atom stereocenters. The van der Waals surface area contributed by atoms with Crippen LogP contribution in [-0.4, -0.2) is 50.1 Å². The maximum Gasteiger partial charge on any atom is 0.261 e. The van der Waals surface area contributed by atoms with Gasteiger partial charge in [0.2, 0.25) is 5.91 Å². The Hall–Kier alpha value is -3.22. The van der Waals surface area contributed by atoms with Gasteiger partial charge < -0.3 is 24.4 Å². The molecular formula is C24H32N2O5. The van der Waals surface area contributed by atoms with E-state index in [-0.39, 0.29) is 25.0 Å². The van der Waals surface area contributed by atoms with E-state index >= 15 is 0 Å². The van der Waals surface area contributed by atoms with Gasteiger partial charge in [-0.15, -0.1) is 0 Å². The summed E-state index contributed by atoms with van der Waals surface area (Å²) in [6, 6.07) is 13.9. The first kappa shape index (κ1) is 24.1. The maximum atomic E-state index is 13.1. The van der Waals surface area contributed by atoms with Crippen molar-refractivity contribution in [2.75, 3.05) is 27.4 Å². The van der Waals surface area contributed by atoms with Crippen LogP contribution in [0.2, 0.25) is 0 Å². The quantitative estimate of drug-likeness (QED) is 0.561. The van der Waals surface area contributed by atoms with Gasteiger partial charge in [0, 0.05) is 13.1 Å². The van der Waals surface area contributed by atoms with Gasteiger partial charge in [-0.05, 0) is 54.8 Å². The Labute approximate surface area is 184 Å². The number of carbonyl (C=O) groups excluding carboxylic acids is 2. The Balaban J connectivity index is 2.18. The SMILES string of the molecule is CCCNC(=O)[C@H](CC)N(Cc1cccc(OC)c1)C(=O)COc1ccc(OC)cc1. The van der Waals surface area contributed by atoms with E-state index in [2.05, 4.69) is 5.32 Å². The molecule has 0 saturated heterocycles. The van der Waals surface area contributed by atoms with Gasteiger partial charge in [0.1, 0.15) is 23.3 Å². The number of nitrogens with zero attached hydrogens (tertiary/aromatic N) is 1. The summed E-state index contributed by atoms with van der Waals surface area (Å²) in [5.74, 6) is 1.53. The van der Waals surface area contributed by atoms with Crippen molar-refractivity contribution < 1.29 is 23.8 Å². The fourth-order valence-corrected chi connectivity index (χ4v) is 3.15. The van der Waals surface area contributed by atoms with Crippen LogP contribution in [0.3, 0.4) is 0 Å². The summed E-state index contributed by atoms with van der Waals surface area (Å²) in [7, 11) is 3.18. The second kappa shape index (κ2) is 12.5. The molecule has 31 heavy (non-hydrogen) atoms. The first-order chi connectivity index (χ1) is 15.0. The standard InChI is InChI=1S/C24H32N2O5/c1-5-14-25-24(28)22(6-2)26(16-18-8-7-9-21(15-18)30-4)23(27)17-31-20-12-10-19(29-3)11-13-20/h7-13,15,22H,5-6,14,16-17H2,1-4H3,(H,25,28)/t22-/m0/s1. The molecule has 2 rings (SSSR count). The minimum absolute atomic E-state index is 0.162. The number of benzene rings is 2. The first-order valence-corrected chi connectivity index (χ1v) is 10.5. The van der Waals surface area contributed by atoms with Crippen molar-refractivity contribution in [2.45, 2.75) is 39.3 Å². The van der Waals surface area contributed by atoms with E-state index in [1.165, 1.54) is 0 Å². The van der Waals surface area contributed by atoms with Crippen molar-refractivity contribution in [1.29, 1.82) is 0 Å². The van der Waals surface area contributed by atoms with Gasteiger partial charge in [0.05, 0.1) is 14.2 Å². The van der Waals surface area contributed by atoms with E-state index in [1.54, 1.807) is 43.4 Å². The molecular weight excluding hydrogens is 396 g/mol. The lowest BCUT2D eigenvalue weighted by Crippen LogP contribution is -2.50. The molecule has 7 heteroatoms. The van der Waals surface area contributed by atoms with Crippen LogP contribution in [0.4, 0.5) is 0 Å². The lowest BCUT2D eigenvalue weighted by molar-refractivity contribution is -0.143. The summed E-state index contributed by atoms with van der Waals surface area (Å²) >= 11 is 0. The largest absolute Gasteiger partial charge is 0.497 e. The summed E-state index contributed by atoms with van der Waals surface area (Å²) in [4.78, 5) is 27.5. The number of amides is 2. The second-order valence-corrected chi connectivity index (χ2v) is 7.05. The van der Waals surface area contributed by atoms with E-state index < -0.39 is 6.04 Å². The number of rotatable bonds is 12. The van der Waals surface area contributed by atoms with Crippen LogP contribution in [0, 0.1) is 0 Å². The van der Waals surface area contributed by atoms with Gasteiger partial charge in [-0.1, -0.05) is 26.0 Å². The second-order valence-electron chi connectivity index (χ2n) is 7.05. The molecule has 0 aliphatic carbocycles. The number of methoxy groups -OCH3 is 2. The summed E-state index contributed by atoms with van der Waals surface area (Å²) in [6.45, 7) is 4.56. The van der Waals surface area contributed by atoms with Crippen molar-refractivity contribution in [3.05, 3.63) is 54.1 Å². The van der Waals surface area contributed by atoms with Crippen LogP contribution in [-0.2, 0) is 16.1 Å². The Morgan fingerprint density at radius 2 is 1.65 bits per heavy atom. The highest BCUT2D eigenvalue weighted by Crippen LogP contribution is 2.19. The van der Waals surface area contributed by atoms with Gasteiger partial charge in [0.25, 0.3) is 5.91 Å². The first-order valence-electron chi connectivity index (χ1n) is 10.5. The third kappa shape index (κ3) is 7.20. The molecule has 0 aliphatic heterocycles. The fourth-order valence-electron chi connectivity index (χ4n) is 3.15. The van der Waals surface area contributed by atoms with Gasteiger partial charge >= 0.3 is 0 Å². The topological polar surface area (TPSA) is 77.1 Å². The zero-order chi connectivity index (χ0) is 22.6. The molecule has 0 fully saturated rings. The monoisotopic (exact) mass is 428 g/mol. The van der Waals surface area contributed by atoms with Gasteiger partial charge in [-0.25, -0.2) is 0 Å². The van der Waals surface area contributed by atoms with Crippen molar-refractivity contribution in [3.63, 3.8) is 0 Å². The molecule has 168 valence electrons. The molecule has 2 aromatic rings. The minimum atomic E-state index is -0.593. The summed E-state index contributed by atoms with van der Waals surface area (Å²) < 4.78 is 16.1. The van der Waals surface area contributed by atoms with Gasteiger partial charge in [0.15, 0.2) is 6.61 Å². The number of nitrogens with one attached hydrogen (secondary N) is 1. The zero-order valence-corrected chi connectivity index (χ0v) is 18.7.